The Kier molecular flexibility index (Phi) is 18.1. The van der Waals surface area contributed by atoms with E-state index in [1.54, 1.807) is 7.11 Å². The van der Waals surface area contributed by atoms with Gasteiger partial charge in [-0.1, -0.05) is 6.92 Å². The molecule has 1 heterocycles. The molecule has 0 saturated carbocycles. The average Bonchev–Trinajstić information content (AvgIpc) is 2.65. The summed E-state index contributed by atoms with van der Waals surface area (Å²) in [5.74, 6) is 0.883. The molecular weight excluding hydrogens is 445 g/mol. The average molecular weight is 485 g/mol. The number of nitrogens with one attached hydrogen (secondary N) is 2. The van der Waals surface area contributed by atoms with Gasteiger partial charge in [-0.25, -0.2) is 0 Å². The van der Waals surface area contributed by atoms with E-state index in [1.807, 2.05) is 7.05 Å². The van der Waals surface area contributed by atoms with E-state index in [1.165, 1.54) is 52.1 Å². The summed E-state index contributed by atoms with van der Waals surface area (Å²) in [5, 5.41) is 6.71. The van der Waals surface area contributed by atoms with Crippen molar-refractivity contribution in [1.82, 2.24) is 20.4 Å². The zero-order valence-electron chi connectivity index (χ0n) is 17.0. The van der Waals surface area contributed by atoms with E-state index in [-0.39, 0.29) is 24.0 Å². The molecule has 0 unspecified atom stereocenters. The number of aliphatic imine (C=N–C) groups is 1. The van der Waals surface area contributed by atoms with Crippen molar-refractivity contribution in [2.75, 3.05) is 86.3 Å². The molecule has 1 saturated heterocycles. The highest BCUT2D eigenvalue weighted by Crippen LogP contribution is 2.02. The SMILES string of the molecule is CCN1CCN(CCCCNC(=NC)NCCCOCCOC)CC1.I. The fourth-order valence-corrected chi connectivity index (χ4v) is 2.84. The fraction of sp³-hybridized carbons (Fsp3) is 0.944. The third kappa shape index (κ3) is 13.1. The van der Waals surface area contributed by atoms with Gasteiger partial charge in [-0.3, -0.25) is 4.99 Å². The summed E-state index contributed by atoms with van der Waals surface area (Å²) in [6.45, 7) is 13.4. The predicted molar refractivity (Wildman–Crippen MR) is 120 cm³/mol. The molecule has 1 rings (SSSR count). The van der Waals surface area contributed by atoms with Gasteiger partial charge in [0.2, 0.25) is 0 Å². The minimum Gasteiger partial charge on any atom is -0.382 e. The minimum absolute atomic E-state index is 0. The molecule has 0 bridgehead atoms. The number of nitrogens with zero attached hydrogens (tertiary/aromatic N) is 3. The van der Waals surface area contributed by atoms with Gasteiger partial charge in [0.05, 0.1) is 13.2 Å². The van der Waals surface area contributed by atoms with E-state index in [0.29, 0.717) is 13.2 Å². The maximum absolute atomic E-state index is 5.44. The van der Waals surface area contributed by atoms with Gasteiger partial charge in [-0.05, 0) is 32.4 Å². The highest BCUT2D eigenvalue weighted by molar-refractivity contribution is 14.0. The van der Waals surface area contributed by atoms with Crippen LogP contribution in [0.2, 0.25) is 0 Å². The Bertz CT molecular complexity index is 340. The fourth-order valence-electron chi connectivity index (χ4n) is 2.84. The van der Waals surface area contributed by atoms with Crippen molar-refractivity contribution in [1.29, 1.82) is 0 Å². The largest absolute Gasteiger partial charge is 0.382 e. The van der Waals surface area contributed by atoms with Gasteiger partial charge in [0.15, 0.2) is 5.96 Å². The second kappa shape index (κ2) is 18.2. The standard InChI is InChI=1S/C18H39N5O2.HI/c1-4-22-11-13-23(14-12-22)10-6-5-8-20-18(19-2)21-9-7-15-25-17-16-24-3;/h4-17H2,1-3H3,(H2,19,20,21);1H. The van der Waals surface area contributed by atoms with Crippen molar-refractivity contribution in [3.63, 3.8) is 0 Å². The van der Waals surface area contributed by atoms with Crippen molar-refractivity contribution in [3.05, 3.63) is 0 Å². The van der Waals surface area contributed by atoms with Gasteiger partial charge >= 0.3 is 0 Å². The number of ether oxygens (including phenoxy) is 2. The number of guanidine groups is 1. The highest BCUT2D eigenvalue weighted by Gasteiger charge is 2.14. The zero-order chi connectivity index (χ0) is 18.2. The van der Waals surface area contributed by atoms with E-state index in [4.69, 9.17) is 9.47 Å². The van der Waals surface area contributed by atoms with Crippen LogP contribution in [0, 0.1) is 0 Å². The van der Waals surface area contributed by atoms with Crippen LogP contribution >= 0.6 is 24.0 Å². The molecule has 0 amide bonds. The molecule has 156 valence electrons. The topological polar surface area (TPSA) is 61.4 Å². The lowest BCUT2D eigenvalue weighted by atomic mass is 10.2. The van der Waals surface area contributed by atoms with Gasteiger partial charge in [-0.15, -0.1) is 24.0 Å². The Hall–Kier alpha value is -0.160. The van der Waals surface area contributed by atoms with Crippen LogP contribution in [0.4, 0.5) is 0 Å². The van der Waals surface area contributed by atoms with Crippen molar-refractivity contribution >= 4 is 29.9 Å². The lowest BCUT2D eigenvalue weighted by Crippen LogP contribution is -2.46. The Morgan fingerprint density at radius 2 is 1.58 bits per heavy atom. The maximum Gasteiger partial charge on any atom is 0.190 e. The van der Waals surface area contributed by atoms with Crippen molar-refractivity contribution < 1.29 is 9.47 Å². The Labute approximate surface area is 177 Å². The first-order chi connectivity index (χ1) is 12.3. The highest BCUT2D eigenvalue weighted by atomic mass is 127. The molecule has 0 radical (unpaired) electrons. The summed E-state index contributed by atoms with van der Waals surface area (Å²) in [4.78, 5) is 9.37. The Balaban J connectivity index is 0.00000625. The maximum atomic E-state index is 5.44. The van der Waals surface area contributed by atoms with Gasteiger partial charge in [0.25, 0.3) is 0 Å². The van der Waals surface area contributed by atoms with Crippen molar-refractivity contribution in [2.24, 2.45) is 4.99 Å². The molecule has 7 nitrogen and oxygen atoms in total. The number of halogens is 1. The van der Waals surface area contributed by atoms with Crippen LogP contribution in [0.5, 0.6) is 0 Å². The summed E-state index contributed by atoms with van der Waals surface area (Å²) in [5.41, 5.74) is 0. The van der Waals surface area contributed by atoms with Crippen molar-refractivity contribution in [3.8, 4) is 0 Å². The lowest BCUT2D eigenvalue weighted by Gasteiger charge is -2.34. The lowest BCUT2D eigenvalue weighted by molar-refractivity contribution is 0.0698. The van der Waals surface area contributed by atoms with Gasteiger partial charge in [-0.2, -0.15) is 0 Å². The molecule has 0 aromatic heterocycles. The summed E-state index contributed by atoms with van der Waals surface area (Å²) < 4.78 is 10.4. The smallest absolute Gasteiger partial charge is 0.190 e. The third-order valence-corrected chi connectivity index (χ3v) is 4.52. The first-order valence-electron chi connectivity index (χ1n) is 9.76. The molecule has 0 aromatic carbocycles. The molecule has 0 spiro atoms. The number of likely N-dealkylation sites (N-methyl/N-ethyl adjacent to an activating group) is 1. The Morgan fingerprint density at radius 3 is 2.19 bits per heavy atom. The summed E-state index contributed by atoms with van der Waals surface area (Å²) in [6.07, 6.45) is 3.38. The van der Waals surface area contributed by atoms with Crippen LogP contribution in [0.15, 0.2) is 4.99 Å². The van der Waals surface area contributed by atoms with Crippen LogP contribution in [0.25, 0.3) is 0 Å². The molecular formula is C18H40IN5O2. The molecule has 2 N–H and O–H groups in total. The third-order valence-electron chi connectivity index (χ3n) is 4.52. The van der Waals surface area contributed by atoms with Crippen LogP contribution < -0.4 is 10.6 Å². The first-order valence-corrected chi connectivity index (χ1v) is 9.76. The van der Waals surface area contributed by atoms with E-state index in [0.717, 1.165) is 32.1 Å². The molecule has 26 heavy (non-hydrogen) atoms. The molecule has 0 atom stereocenters. The van der Waals surface area contributed by atoms with Crippen LogP contribution in [0.1, 0.15) is 26.2 Å². The van der Waals surface area contributed by atoms with E-state index in [9.17, 15) is 0 Å². The zero-order valence-corrected chi connectivity index (χ0v) is 19.3. The molecule has 1 fully saturated rings. The first kappa shape index (κ1) is 25.8. The monoisotopic (exact) mass is 485 g/mol. The van der Waals surface area contributed by atoms with Gasteiger partial charge < -0.3 is 29.9 Å². The van der Waals surface area contributed by atoms with Crippen LogP contribution in [0.3, 0.4) is 0 Å². The second-order valence-corrected chi connectivity index (χ2v) is 6.37. The molecule has 1 aliphatic heterocycles. The number of hydrogen-bond donors (Lipinski definition) is 2. The van der Waals surface area contributed by atoms with Gasteiger partial charge in [0, 0.05) is 60.0 Å². The second-order valence-electron chi connectivity index (χ2n) is 6.37. The quantitative estimate of drug-likeness (QED) is 0.177. The molecule has 0 aliphatic carbocycles. The minimum atomic E-state index is 0. The normalized spacial score (nSPS) is 16.3. The number of piperazine rings is 1. The van der Waals surface area contributed by atoms with Crippen LogP contribution in [-0.4, -0.2) is 102 Å². The van der Waals surface area contributed by atoms with E-state index in [2.05, 4.69) is 32.3 Å². The predicted octanol–water partition coefficient (Wildman–Crippen LogP) is 1.24. The molecule has 0 aromatic rings. The summed E-state index contributed by atoms with van der Waals surface area (Å²) >= 11 is 0. The van der Waals surface area contributed by atoms with Gasteiger partial charge in [0.1, 0.15) is 0 Å². The molecule has 1 aliphatic rings. The number of hydrogen-bond acceptors (Lipinski definition) is 5. The Morgan fingerprint density at radius 1 is 0.923 bits per heavy atom. The van der Waals surface area contributed by atoms with Crippen molar-refractivity contribution in [2.45, 2.75) is 26.2 Å². The number of methoxy groups -OCH3 is 1. The molecule has 8 heteroatoms. The summed E-state index contributed by atoms with van der Waals surface area (Å²) in [7, 11) is 3.50. The van der Waals surface area contributed by atoms with E-state index < -0.39 is 0 Å². The summed E-state index contributed by atoms with van der Waals surface area (Å²) in [6, 6.07) is 0. The number of unbranched alkanes of at least 4 members (excludes halogenated alkanes) is 1. The van der Waals surface area contributed by atoms with E-state index >= 15 is 0 Å². The van der Waals surface area contributed by atoms with Crippen LogP contribution in [-0.2, 0) is 9.47 Å². The number of rotatable bonds is 13.